The summed E-state index contributed by atoms with van der Waals surface area (Å²) in [6.45, 7) is 1.89. The highest BCUT2D eigenvalue weighted by atomic mass is 35.5. The third-order valence-electron chi connectivity index (χ3n) is 2.76. The predicted molar refractivity (Wildman–Crippen MR) is 77.3 cm³/mol. The molecule has 0 aliphatic rings. The van der Waals surface area contributed by atoms with Crippen molar-refractivity contribution in [3.05, 3.63) is 52.5 Å². The van der Waals surface area contributed by atoms with E-state index in [0.29, 0.717) is 22.1 Å². The fourth-order valence-electron chi connectivity index (χ4n) is 1.77. The molecule has 0 saturated carbocycles. The van der Waals surface area contributed by atoms with Gasteiger partial charge in [0.05, 0.1) is 22.0 Å². The van der Waals surface area contributed by atoms with Crippen LogP contribution in [-0.4, -0.2) is 11.1 Å². The van der Waals surface area contributed by atoms with E-state index in [1.807, 2.05) is 19.1 Å². The van der Waals surface area contributed by atoms with Crippen LogP contribution < -0.4 is 11.1 Å². The van der Waals surface area contributed by atoms with Gasteiger partial charge in [-0.25, -0.2) is 4.79 Å². The highest BCUT2D eigenvalue weighted by molar-refractivity contribution is 6.33. The maximum atomic E-state index is 11.2. The molecule has 19 heavy (non-hydrogen) atoms. The molecule has 0 aliphatic carbocycles. The van der Waals surface area contributed by atoms with E-state index in [1.165, 1.54) is 6.07 Å². The SMILES string of the molecule is Cc1cccc(Cl)c1Nc1ccc(N)cc1C(=O)O. The normalized spacial score (nSPS) is 10.2. The average molecular weight is 277 g/mol. The van der Waals surface area contributed by atoms with Crippen molar-refractivity contribution in [1.29, 1.82) is 0 Å². The summed E-state index contributed by atoms with van der Waals surface area (Å²) in [7, 11) is 0. The third-order valence-corrected chi connectivity index (χ3v) is 3.07. The minimum atomic E-state index is -1.04. The molecule has 4 nitrogen and oxygen atoms in total. The molecule has 0 aromatic heterocycles. The number of nitrogen functional groups attached to an aromatic ring is 1. The van der Waals surface area contributed by atoms with Gasteiger partial charge in [-0.05, 0) is 36.8 Å². The molecule has 0 amide bonds. The first-order valence-electron chi connectivity index (χ1n) is 5.64. The van der Waals surface area contributed by atoms with E-state index in [4.69, 9.17) is 17.3 Å². The van der Waals surface area contributed by atoms with Crippen molar-refractivity contribution in [1.82, 2.24) is 0 Å². The molecule has 5 heteroatoms. The molecular formula is C14H13ClN2O2. The largest absolute Gasteiger partial charge is 0.478 e. The van der Waals surface area contributed by atoms with E-state index in [0.717, 1.165) is 5.56 Å². The number of anilines is 3. The number of carbonyl (C=O) groups is 1. The molecule has 2 aromatic carbocycles. The van der Waals surface area contributed by atoms with Crippen molar-refractivity contribution < 1.29 is 9.90 Å². The molecule has 0 radical (unpaired) electrons. The average Bonchev–Trinajstić information content (AvgIpc) is 2.35. The number of rotatable bonds is 3. The van der Waals surface area contributed by atoms with Crippen molar-refractivity contribution >= 4 is 34.6 Å². The number of carboxylic acids is 1. The highest BCUT2D eigenvalue weighted by Crippen LogP contribution is 2.30. The Labute approximate surface area is 115 Å². The summed E-state index contributed by atoms with van der Waals surface area (Å²) >= 11 is 6.11. The van der Waals surface area contributed by atoms with Crippen molar-refractivity contribution in [2.45, 2.75) is 6.92 Å². The van der Waals surface area contributed by atoms with Gasteiger partial charge in [0.15, 0.2) is 0 Å². The summed E-state index contributed by atoms with van der Waals surface area (Å²) < 4.78 is 0. The van der Waals surface area contributed by atoms with Crippen LogP contribution in [0.3, 0.4) is 0 Å². The standard InChI is InChI=1S/C14H13ClN2O2/c1-8-3-2-4-11(15)13(8)17-12-6-5-9(16)7-10(12)14(18)19/h2-7,17H,16H2,1H3,(H,18,19). The summed E-state index contributed by atoms with van der Waals surface area (Å²) in [5.74, 6) is -1.04. The zero-order valence-corrected chi connectivity index (χ0v) is 11.0. The molecular weight excluding hydrogens is 264 g/mol. The Bertz CT molecular complexity index is 621. The molecule has 0 bridgehead atoms. The van der Waals surface area contributed by atoms with Crippen molar-refractivity contribution in [2.24, 2.45) is 0 Å². The number of carboxylic acid groups (broad SMARTS) is 1. The minimum absolute atomic E-state index is 0.110. The lowest BCUT2D eigenvalue weighted by Gasteiger charge is -2.13. The third kappa shape index (κ3) is 2.80. The molecule has 4 N–H and O–H groups in total. The molecule has 0 spiro atoms. The molecule has 0 atom stereocenters. The summed E-state index contributed by atoms with van der Waals surface area (Å²) in [5.41, 5.74) is 8.19. The highest BCUT2D eigenvalue weighted by Gasteiger charge is 2.12. The van der Waals surface area contributed by atoms with E-state index < -0.39 is 5.97 Å². The summed E-state index contributed by atoms with van der Waals surface area (Å²) in [6.07, 6.45) is 0. The number of nitrogens with two attached hydrogens (primary N) is 1. The van der Waals surface area contributed by atoms with Crippen molar-refractivity contribution in [3.8, 4) is 0 Å². The topological polar surface area (TPSA) is 75.3 Å². The number of hydrogen-bond acceptors (Lipinski definition) is 3. The molecule has 0 saturated heterocycles. The van der Waals surface area contributed by atoms with Crippen LogP contribution in [0.1, 0.15) is 15.9 Å². The van der Waals surface area contributed by atoms with E-state index in [-0.39, 0.29) is 5.56 Å². The van der Waals surface area contributed by atoms with Gasteiger partial charge in [0.25, 0.3) is 0 Å². The lowest BCUT2D eigenvalue weighted by Crippen LogP contribution is -2.04. The number of hydrogen-bond donors (Lipinski definition) is 3. The Morgan fingerprint density at radius 1 is 1.32 bits per heavy atom. The predicted octanol–water partition coefficient (Wildman–Crippen LogP) is 3.67. The Balaban J connectivity index is 2.47. The Morgan fingerprint density at radius 3 is 2.68 bits per heavy atom. The molecule has 0 unspecified atom stereocenters. The van der Waals surface area contributed by atoms with E-state index in [9.17, 15) is 9.90 Å². The summed E-state index contributed by atoms with van der Waals surface area (Å²) in [5, 5.41) is 12.8. The fraction of sp³-hybridized carbons (Fsp3) is 0.0714. The number of nitrogens with one attached hydrogen (secondary N) is 1. The van der Waals surface area contributed by atoms with Gasteiger partial charge in [0.2, 0.25) is 0 Å². The number of halogens is 1. The van der Waals surface area contributed by atoms with Gasteiger partial charge in [-0.1, -0.05) is 23.7 Å². The van der Waals surface area contributed by atoms with Gasteiger partial charge in [-0.15, -0.1) is 0 Å². The van der Waals surface area contributed by atoms with Crippen molar-refractivity contribution in [2.75, 3.05) is 11.1 Å². The van der Waals surface area contributed by atoms with E-state index >= 15 is 0 Å². The Hall–Kier alpha value is -2.20. The second-order valence-corrected chi connectivity index (χ2v) is 4.57. The van der Waals surface area contributed by atoms with Gasteiger partial charge in [0, 0.05) is 5.69 Å². The lowest BCUT2D eigenvalue weighted by atomic mass is 10.1. The van der Waals surface area contributed by atoms with Crippen LogP contribution in [0, 0.1) is 6.92 Å². The van der Waals surface area contributed by atoms with Crippen LogP contribution in [0.25, 0.3) is 0 Å². The van der Waals surface area contributed by atoms with Gasteiger partial charge >= 0.3 is 5.97 Å². The quantitative estimate of drug-likeness (QED) is 0.748. The molecule has 0 heterocycles. The first kappa shape index (κ1) is 13.2. The number of aromatic carboxylic acids is 1. The molecule has 0 aliphatic heterocycles. The van der Waals surface area contributed by atoms with E-state index in [1.54, 1.807) is 18.2 Å². The fourth-order valence-corrected chi connectivity index (χ4v) is 2.04. The monoisotopic (exact) mass is 276 g/mol. The zero-order valence-electron chi connectivity index (χ0n) is 10.3. The molecule has 98 valence electrons. The smallest absolute Gasteiger partial charge is 0.337 e. The number of para-hydroxylation sites is 1. The Morgan fingerprint density at radius 2 is 2.05 bits per heavy atom. The second-order valence-electron chi connectivity index (χ2n) is 4.17. The van der Waals surface area contributed by atoms with Crippen LogP contribution >= 0.6 is 11.6 Å². The molecule has 2 aromatic rings. The number of benzene rings is 2. The molecule has 2 rings (SSSR count). The van der Waals surface area contributed by atoms with Crippen LogP contribution in [0.15, 0.2) is 36.4 Å². The zero-order chi connectivity index (χ0) is 14.0. The van der Waals surface area contributed by atoms with Gasteiger partial charge in [-0.2, -0.15) is 0 Å². The van der Waals surface area contributed by atoms with Crippen molar-refractivity contribution in [3.63, 3.8) is 0 Å². The van der Waals surface area contributed by atoms with Crippen LogP contribution in [0.2, 0.25) is 5.02 Å². The minimum Gasteiger partial charge on any atom is -0.478 e. The summed E-state index contributed by atoms with van der Waals surface area (Å²) in [4.78, 5) is 11.2. The van der Waals surface area contributed by atoms with E-state index in [2.05, 4.69) is 5.32 Å². The second kappa shape index (κ2) is 5.20. The van der Waals surface area contributed by atoms with Gasteiger partial charge in [0.1, 0.15) is 0 Å². The van der Waals surface area contributed by atoms with Crippen LogP contribution in [0.5, 0.6) is 0 Å². The first-order chi connectivity index (χ1) is 8.99. The maximum Gasteiger partial charge on any atom is 0.337 e. The van der Waals surface area contributed by atoms with Gasteiger partial charge < -0.3 is 16.2 Å². The van der Waals surface area contributed by atoms with Crippen LogP contribution in [0.4, 0.5) is 17.1 Å². The number of aryl methyl sites for hydroxylation is 1. The van der Waals surface area contributed by atoms with Gasteiger partial charge in [-0.3, -0.25) is 0 Å². The summed E-state index contributed by atoms with van der Waals surface area (Å²) in [6, 6.07) is 10.2. The maximum absolute atomic E-state index is 11.2. The Kier molecular flexibility index (Phi) is 3.62. The lowest BCUT2D eigenvalue weighted by molar-refractivity contribution is 0.0698. The van der Waals surface area contributed by atoms with Crippen LogP contribution in [-0.2, 0) is 0 Å². The molecule has 0 fully saturated rings. The first-order valence-corrected chi connectivity index (χ1v) is 6.02.